The Morgan fingerprint density at radius 2 is 1.78 bits per heavy atom. The van der Waals surface area contributed by atoms with Crippen molar-refractivity contribution in [2.24, 2.45) is 0 Å². The molecule has 1 N–H and O–H groups in total. The molecule has 1 rings (SSSR count). The average Bonchev–Trinajstić information content (AvgIpc) is 2.52. The zero-order valence-corrected chi connectivity index (χ0v) is 13.3. The molecule has 0 aromatic heterocycles. The molecule has 0 aliphatic rings. The van der Waals surface area contributed by atoms with E-state index in [-0.39, 0.29) is 13.0 Å². The average molecular weight is 323 g/mol. The number of amides is 2. The van der Waals surface area contributed by atoms with E-state index in [1.54, 1.807) is 6.92 Å². The standard InChI is InChI=1S/C16H21NO6/c1-3-21-13-8-6-5-7-12(13)9-10-15(19)23-11-14(18)17-16(20)22-4-2/h5-8H,3-4,9-11H2,1-2H3,(H,17,18,20). The van der Waals surface area contributed by atoms with Crippen LogP contribution in [-0.4, -0.2) is 37.8 Å². The van der Waals surface area contributed by atoms with Gasteiger partial charge in [-0.25, -0.2) is 4.79 Å². The van der Waals surface area contributed by atoms with E-state index in [9.17, 15) is 14.4 Å². The van der Waals surface area contributed by atoms with Gasteiger partial charge in [0.25, 0.3) is 5.91 Å². The molecule has 0 aliphatic heterocycles. The van der Waals surface area contributed by atoms with Gasteiger partial charge >= 0.3 is 12.1 Å². The van der Waals surface area contributed by atoms with E-state index in [4.69, 9.17) is 9.47 Å². The molecule has 0 fully saturated rings. The highest BCUT2D eigenvalue weighted by atomic mass is 16.6. The second-order valence-electron chi connectivity index (χ2n) is 4.47. The predicted octanol–water partition coefficient (Wildman–Crippen LogP) is 1.83. The number of hydrogen-bond acceptors (Lipinski definition) is 6. The summed E-state index contributed by atoms with van der Waals surface area (Å²) >= 11 is 0. The van der Waals surface area contributed by atoms with Crippen LogP contribution in [-0.2, 0) is 25.5 Å². The third kappa shape index (κ3) is 7.30. The van der Waals surface area contributed by atoms with Crippen LogP contribution in [0.25, 0.3) is 0 Å². The molecule has 0 saturated heterocycles. The highest BCUT2D eigenvalue weighted by molar-refractivity contribution is 5.93. The molecule has 0 atom stereocenters. The van der Waals surface area contributed by atoms with Gasteiger partial charge in [0, 0.05) is 6.42 Å². The molecule has 7 heteroatoms. The second-order valence-corrected chi connectivity index (χ2v) is 4.47. The molecule has 0 saturated carbocycles. The third-order valence-electron chi connectivity index (χ3n) is 2.75. The van der Waals surface area contributed by atoms with Gasteiger partial charge in [-0.15, -0.1) is 0 Å². The SMILES string of the molecule is CCOC(=O)NC(=O)COC(=O)CCc1ccccc1OCC. The monoisotopic (exact) mass is 323 g/mol. The zero-order valence-electron chi connectivity index (χ0n) is 13.3. The number of carbonyl (C=O) groups is 3. The summed E-state index contributed by atoms with van der Waals surface area (Å²) < 4.78 is 14.8. The van der Waals surface area contributed by atoms with E-state index in [1.807, 2.05) is 36.5 Å². The number of imide groups is 1. The first-order valence-electron chi connectivity index (χ1n) is 7.39. The minimum atomic E-state index is -0.862. The van der Waals surface area contributed by atoms with Gasteiger partial charge in [-0.1, -0.05) is 18.2 Å². The van der Waals surface area contributed by atoms with Crippen molar-refractivity contribution < 1.29 is 28.6 Å². The van der Waals surface area contributed by atoms with E-state index in [0.29, 0.717) is 13.0 Å². The number of benzene rings is 1. The van der Waals surface area contributed by atoms with Crippen LogP contribution >= 0.6 is 0 Å². The Bertz CT molecular complexity index is 543. The molecular weight excluding hydrogens is 302 g/mol. The maximum atomic E-state index is 11.6. The summed E-state index contributed by atoms with van der Waals surface area (Å²) in [4.78, 5) is 34.0. The molecule has 0 bridgehead atoms. The van der Waals surface area contributed by atoms with E-state index in [0.717, 1.165) is 11.3 Å². The van der Waals surface area contributed by atoms with E-state index in [2.05, 4.69) is 4.74 Å². The van der Waals surface area contributed by atoms with Crippen LogP contribution in [0.15, 0.2) is 24.3 Å². The Morgan fingerprint density at radius 1 is 1.04 bits per heavy atom. The minimum Gasteiger partial charge on any atom is -0.494 e. The Kier molecular flexibility index (Phi) is 8.20. The summed E-state index contributed by atoms with van der Waals surface area (Å²) in [7, 11) is 0. The first-order chi connectivity index (χ1) is 11.1. The Morgan fingerprint density at radius 3 is 2.48 bits per heavy atom. The largest absolute Gasteiger partial charge is 0.494 e. The smallest absolute Gasteiger partial charge is 0.413 e. The van der Waals surface area contributed by atoms with Gasteiger partial charge in [0.1, 0.15) is 5.75 Å². The lowest BCUT2D eigenvalue weighted by Crippen LogP contribution is -2.34. The van der Waals surface area contributed by atoms with Crippen molar-refractivity contribution >= 4 is 18.0 Å². The molecule has 1 aromatic rings. The Hall–Kier alpha value is -2.57. The van der Waals surface area contributed by atoms with Gasteiger partial charge in [0.2, 0.25) is 0 Å². The highest BCUT2D eigenvalue weighted by Crippen LogP contribution is 2.19. The molecule has 0 unspecified atom stereocenters. The van der Waals surface area contributed by atoms with E-state index >= 15 is 0 Å². The van der Waals surface area contributed by atoms with Gasteiger partial charge in [-0.2, -0.15) is 0 Å². The van der Waals surface area contributed by atoms with Crippen LogP contribution < -0.4 is 10.1 Å². The summed E-state index contributed by atoms with van der Waals surface area (Å²) in [6.45, 7) is 3.66. The number of alkyl carbamates (subject to hydrolysis) is 1. The summed E-state index contributed by atoms with van der Waals surface area (Å²) in [5.74, 6) is -0.537. The fraction of sp³-hybridized carbons (Fsp3) is 0.438. The minimum absolute atomic E-state index is 0.108. The Balaban J connectivity index is 2.35. The molecule has 0 radical (unpaired) electrons. The van der Waals surface area contributed by atoms with Crippen molar-refractivity contribution in [1.29, 1.82) is 0 Å². The molecule has 23 heavy (non-hydrogen) atoms. The molecule has 2 amide bonds. The van der Waals surface area contributed by atoms with Crippen molar-refractivity contribution in [3.63, 3.8) is 0 Å². The number of hydrogen-bond donors (Lipinski definition) is 1. The van der Waals surface area contributed by atoms with Crippen LogP contribution in [0.5, 0.6) is 5.75 Å². The normalized spacial score (nSPS) is 9.83. The lowest BCUT2D eigenvalue weighted by molar-refractivity contribution is -0.148. The van der Waals surface area contributed by atoms with E-state index in [1.165, 1.54) is 0 Å². The van der Waals surface area contributed by atoms with Crippen molar-refractivity contribution in [2.45, 2.75) is 26.7 Å². The number of esters is 1. The fourth-order valence-corrected chi connectivity index (χ4v) is 1.78. The van der Waals surface area contributed by atoms with Gasteiger partial charge in [-0.3, -0.25) is 14.9 Å². The molecule has 0 aliphatic carbocycles. The van der Waals surface area contributed by atoms with Crippen LogP contribution in [0.4, 0.5) is 4.79 Å². The summed E-state index contributed by atoms with van der Waals surface area (Å²) in [5, 5.41) is 1.94. The number of rotatable bonds is 8. The predicted molar refractivity (Wildman–Crippen MR) is 82.1 cm³/mol. The van der Waals surface area contributed by atoms with Gasteiger partial charge in [0.15, 0.2) is 6.61 Å². The summed E-state index contributed by atoms with van der Waals surface area (Å²) in [6, 6.07) is 7.41. The third-order valence-corrected chi connectivity index (χ3v) is 2.75. The van der Waals surface area contributed by atoms with Crippen LogP contribution in [0.2, 0.25) is 0 Å². The van der Waals surface area contributed by atoms with Crippen LogP contribution in [0, 0.1) is 0 Å². The molecule has 0 heterocycles. The van der Waals surface area contributed by atoms with Crippen LogP contribution in [0.1, 0.15) is 25.8 Å². The zero-order chi connectivity index (χ0) is 17.1. The van der Waals surface area contributed by atoms with Gasteiger partial charge in [-0.05, 0) is 31.9 Å². The summed E-state index contributed by atoms with van der Waals surface area (Å²) in [5.41, 5.74) is 0.891. The molecule has 7 nitrogen and oxygen atoms in total. The van der Waals surface area contributed by atoms with Crippen molar-refractivity contribution in [3.8, 4) is 5.75 Å². The summed E-state index contributed by atoms with van der Waals surface area (Å²) in [6.07, 6.45) is -0.315. The highest BCUT2D eigenvalue weighted by Gasteiger charge is 2.12. The first kappa shape index (κ1) is 18.5. The lowest BCUT2D eigenvalue weighted by atomic mass is 10.1. The second kappa shape index (κ2) is 10.2. The number of carbonyl (C=O) groups excluding carboxylic acids is 3. The van der Waals surface area contributed by atoms with Crippen molar-refractivity contribution in [1.82, 2.24) is 5.32 Å². The maximum Gasteiger partial charge on any atom is 0.413 e. The number of aryl methyl sites for hydroxylation is 1. The molecular formula is C16H21NO6. The van der Waals surface area contributed by atoms with Gasteiger partial charge in [0.05, 0.1) is 13.2 Å². The topological polar surface area (TPSA) is 90.9 Å². The molecule has 0 spiro atoms. The number of nitrogens with one attached hydrogen (secondary N) is 1. The fourth-order valence-electron chi connectivity index (χ4n) is 1.78. The Labute approximate surface area is 134 Å². The van der Waals surface area contributed by atoms with Crippen molar-refractivity contribution in [2.75, 3.05) is 19.8 Å². The number of ether oxygens (including phenoxy) is 3. The van der Waals surface area contributed by atoms with Crippen molar-refractivity contribution in [3.05, 3.63) is 29.8 Å². The van der Waals surface area contributed by atoms with Gasteiger partial charge < -0.3 is 14.2 Å². The lowest BCUT2D eigenvalue weighted by Gasteiger charge is -2.09. The number of para-hydroxylation sites is 1. The first-order valence-corrected chi connectivity index (χ1v) is 7.39. The van der Waals surface area contributed by atoms with Crippen LogP contribution in [0.3, 0.4) is 0 Å². The quantitative estimate of drug-likeness (QED) is 0.734. The molecule has 1 aromatic carbocycles. The molecule has 126 valence electrons. The van der Waals surface area contributed by atoms with E-state index < -0.39 is 24.6 Å². The maximum absolute atomic E-state index is 11.6.